The van der Waals surface area contributed by atoms with E-state index in [4.69, 9.17) is 5.11 Å². The first kappa shape index (κ1) is 14.5. The van der Waals surface area contributed by atoms with Gasteiger partial charge >= 0.3 is 0 Å². The Balaban J connectivity index is 2.19. The molecule has 1 atom stereocenters. The summed E-state index contributed by atoms with van der Waals surface area (Å²) in [6, 6.07) is -0.101. The van der Waals surface area contributed by atoms with Crippen LogP contribution in [-0.2, 0) is 4.79 Å². The van der Waals surface area contributed by atoms with Crippen molar-refractivity contribution in [2.45, 2.75) is 45.6 Å². The Bertz CT molecular complexity index is 225. The first-order valence-corrected chi connectivity index (χ1v) is 6.74. The van der Waals surface area contributed by atoms with E-state index >= 15 is 0 Å². The molecule has 0 radical (unpaired) electrons. The van der Waals surface area contributed by atoms with E-state index in [1.165, 1.54) is 12.8 Å². The molecule has 0 unspecified atom stereocenters. The molecule has 0 aromatic carbocycles. The maximum absolute atomic E-state index is 11.7. The zero-order valence-electron chi connectivity index (χ0n) is 11.0. The van der Waals surface area contributed by atoms with Gasteiger partial charge in [-0.2, -0.15) is 0 Å². The standard InChI is InChI=1S/C13H26N2O2/c1-10(2)12(9-16)15-13(17)4-3-11-5-7-14-8-6-11/h10-12,14,16H,3-9H2,1-2H3,(H,15,17)/t12-/m1/s1. The van der Waals surface area contributed by atoms with Crippen LogP contribution in [0, 0.1) is 11.8 Å². The second-order valence-electron chi connectivity index (χ2n) is 5.33. The summed E-state index contributed by atoms with van der Waals surface area (Å²) in [6.07, 6.45) is 3.93. The van der Waals surface area contributed by atoms with E-state index in [0.29, 0.717) is 12.3 Å². The molecule has 0 saturated carbocycles. The summed E-state index contributed by atoms with van der Waals surface area (Å²) in [4.78, 5) is 11.7. The fourth-order valence-electron chi connectivity index (χ4n) is 2.21. The highest BCUT2D eigenvalue weighted by Gasteiger charge is 2.17. The van der Waals surface area contributed by atoms with Crippen molar-refractivity contribution < 1.29 is 9.90 Å². The molecule has 0 aromatic rings. The Morgan fingerprint density at radius 2 is 2.06 bits per heavy atom. The molecule has 1 heterocycles. The van der Waals surface area contributed by atoms with Crippen LogP contribution in [0.4, 0.5) is 0 Å². The van der Waals surface area contributed by atoms with E-state index in [1.807, 2.05) is 13.8 Å². The number of amides is 1. The highest BCUT2D eigenvalue weighted by atomic mass is 16.3. The number of aliphatic hydroxyl groups excluding tert-OH is 1. The van der Waals surface area contributed by atoms with E-state index in [9.17, 15) is 4.79 Å². The van der Waals surface area contributed by atoms with Gasteiger partial charge in [-0.25, -0.2) is 0 Å². The molecule has 1 rings (SSSR count). The maximum atomic E-state index is 11.7. The average molecular weight is 242 g/mol. The highest BCUT2D eigenvalue weighted by Crippen LogP contribution is 2.17. The van der Waals surface area contributed by atoms with Crippen LogP contribution in [0.25, 0.3) is 0 Å². The van der Waals surface area contributed by atoms with Crippen molar-refractivity contribution in [3.8, 4) is 0 Å². The minimum Gasteiger partial charge on any atom is -0.394 e. The predicted octanol–water partition coefficient (Wildman–Crippen LogP) is 0.899. The number of carbonyl (C=O) groups is 1. The number of hydrogen-bond donors (Lipinski definition) is 3. The SMILES string of the molecule is CC(C)[C@@H](CO)NC(=O)CCC1CCNCC1. The van der Waals surface area contributed by atoms with E-state index < -0.39 is 0 Å². The first-order valence-electron chi connectivity index (χ1n) is 6.74. The van der Waals surface area contributed by atoms with E-state index in [0.717, 1.165) is 19.5 Å². The monoisotopic (exact) mass is 242 g/mol. The molecule has 1 aliphatic rings. The van der Waals surface area contributed by atoms with E-state index in [1.54, 1.807) is 0 Å². The van der Waals surface area contributed by atoms with Gasteiger partial charge in [-0.1, -0.05) is 13.8 Å². The lowest BCUT2D eigenvalue weighted by atomic mass is 9.93. The van der Waals surface area contributed by atoms with Gasteiger partial charge in [0.15, 0.2) is 0 Å². The first-order chi connectivity index (χ1) is 8.13. The quantitative estimate of drug-likeness (QED) is 0.648. The summed E-state index contributed by atoms with van der Waals surface area (Å²) in [7, 11) is 0. The van der Waals surface area contributed by atoms with Gasteiger partial charge in [0.1, 0.15) is 0 Å². The second kappa shape index (κ2) is 7.67. The van der Waals surface area contributed by atoms with Crippen molar-refractivity contribution in [3.05, 3.63) is 0 Å². The van der Waals surface area contributed by atoms with Gasteiger partial charge in [0.2, 0.25) is 5.91 Å². The van der Waals surface area contributed by atoms with Crippen molar-refractivity contribution in [1.29, 1.82) is 0 Å². The fourth-order valence-corrected chi connectivity index (χ4v) is 2.21. The van der Waals surface area contributed by atoms with Crippen LogP contribution in [0.15, 0.2) is 0 Å². The van der Waals surface area contributed by atoms with Gasteiger partial charge in [-0.05, 0) is 44.2 Å². The van der Waals surface area contributed by atoms with Gasteiger partial charge in [0, 0.05) is 6.42 Å². The molecule has 0 aromatic heterocycles. The maximum Gasteiger partial charge on any atom is 0.220 e. The van der Waals surface area contributed by atoms with Gasteiger partial charge in [-0.15, -0.1) is 0 Å². The molecule has 100 valence electrons. The third-order valence-electron chi connectivity index (χ3n) is 3.59. The lowest BCUT2D eigenvalue weighted by Crippen LogP contribution is -2.41. The van der Waals surface area contributed by atoms with Crippen LogP contribution in [0.3, 0.4) is 0 Å². The molecule has 0 spiro atoms. The van der Waals surface area contributed by atoms with Crippen LogP contribution in [0.2, 0.25) is 0 Å². The van der Waals surface area contributed by atoms with Crippen molar-refractivity contribution in [3.63, 3.8) is 0 Å². The third kappa shape index (κ3) is 5.50. The Hall–Kier alpha value is -0.610. The van der Waals surface area contributed by atoms with Crippen molar-refractivity contribution >= 4 is 5.91 Å². The Kier molecular flexibility index (Phi) is 6.52. The number of piperidine rings is 1. The van der Waals surface area contributed by atoms with Crippen molar-refractivity contribution in [2.75, 3.05) is 19.7 Å². The normalized spacial score (nSPS) is 19.3. The summed E-state index contributed by atoms with van der Waals surface area (Å²) >= 11 is 0. The number of hydrogen-bond acceptors (Lipinski definition) is 3. The van der Waals surface area contributed by atoms with E-state index in [-0.39, 0.29) is 24.5 Å². The third-order valence-corrected chi connectivity index (χ3v) is 3.59. The molecular weight excluding hydrogens is 216 g/mol. The summed E-state index contributed by atoms with van der Waals surface area (Å²) in [5, 5.41) is 15.4. The van der Waals surface area contributed by atoms with Crippen molar-refractivity contribution in [1.82, 2.24) is 10.6 Å². The van der Waals surface area contributed by atoms with Crippen LogP contribution in [0.1, 0.15) is 39.5 Å². The van der Waals surface area contributed by atoms with Gasteiger partial charge in [0.05, 0.1) is 12.6 Å². The fraction of sp³-hybridized carbons (Fsp3) is 0.923. The minimum atomic E-state index is -0.101. The Morgan fingerprint density at radius 3 is 2.59 bits per heavy atom. The summed E-state index contributed by atoms with van der Waals surface area (Å²) in [6.45, 7) is 6.20. The van der Waals surface area contributed by atoms with Crippen molar-refractivity contribution in [2.24, 2.45) is 11.8 Å². The molecule has 1 saturated heterocycles. The molecule has 17 heavy (non-hydrogen) atoms. The summed E-state index contributed by atoms with van der Waals surface area (Å²) in [5.74, 6) is 1.05. The minimum absolute atomic E-state index is 0.0246. The highest BCUT2D eigenvalue weighted by molar-refractivity contribution is 5.76. The zero-order valence-corrected chi connectivity index (χ0v) is 11.0. The average Bonchev–Trinajstić information content (AvgIpc) is 2.34. The zero-order chi connectivity index (χ0) is 12.7. The van der Waals surface area contributed by atoms with E-state index in [2.05, 4.69) is 10.6 Å². The lowest BCUT2D eigenvalue weighted by molar-refractivity contribution is -0.122. The summed E-state index contributed by atoms with van der Waals surface area (Å²) in [5.41, 5.74) is 0. The predicted molar refractivity (Wildman–Crippen MR) is 68.7 cm³/mol. The van der Waals surface area contributed by atoms with Gasteiger partial charge in [0.25, 0.3) is 0 Å². The van der Waals surface area contributed by atoms with Gasteiger partial charge in [-0.3, -0.25) is 4.79 Å². The topological polar surface area (TPSA) is 61.4 Å². The number of aliphatic hydroxyl groups is 1. The molecule has 0 bridgehead atoms. The molecule has 1 amide bonds. The smallest absolute Gasteiger partial charge is 0.220 e. The lowest BCUT2D eigenvalue weighted by Gasteiger charge is -2.23. The molecule has 3 N–H and O–H groups in total. The molecule has 1 aliphatic heterocycles. The Morgan fingerprint density at radius 1 is 1.41 bits per heavy atom. The van der Waals surface area contributed by atoms with Crippen LogP contribution >= 0.6 is 0 Å². The van der Waals surface area contributed by atoms with Crippen LogP contribution < -0.4 is 10.6 Å². The summed E-state index contributed by atoms with van der Waals surface area (Å²) < 4.78 is 0. The van der Waals surface area contributed by atoms with Crippen LogP contribution in [-0.4, -0.2) is 36.8 Å². The molecule has 4 heteroatoms. The molecule has 4 nitrogen and oxygen atoms in total. The number of carbonyl (C=O) groups excluding carboxylic acids is 1. The van der Waals surface area contributed by atoms with Gasteiger partial charge < -0.3 is 15.7 Å². The molecule has 1 fully saturated rings. The largest absolute Gasteiger partial charge is 0.394 e. The Labute approximate surface area is 104 Å². The molecule has 0 aliphatic carbocycles. The molecular formula is C13H26N2O2. The number of nitrogens with one attached hydrogen (secondary N) is 2. The second-order valence-corrected chi connectivity index (χ2v) is 5.33. The van der Waals surface area contributed by atoms with Crippen LogP contribution in [0.5, 0.6) is 0 Å². The number of rotatable bonds is 6.